The lowest BCUT2D eigenvalue weighted by Gasteiger charge is -2.21. The fraction of sp³-hybridized carbons (Fsp3) is 0.692. The molecule has 1 aromatic heterocycles. The highest BCUT2D eigenvalue weighted by Crippen LogP contribution is 2.26. The quantitative estimate of drug-likeness (QED) is 0.778. The Labute approximate surface area is 125 Å². The van der Waals surface area contributed by atoms with Crippen LogP contribution >= 0.6 is 11.8 Å². The second-order valence-electron chi connectivity index (χ2n) is 4.94. The van der Waals surface area contributed by atoms with Gasteiger partial charge in [0.2, 0.25) is 5.09 Å². The van der Waals surface area contributed by atoms with Gasteiger partial charge in [-0.05, 0) is 37.3 Å². The van der Waals surface area contributed by atoms with E-state index in [1.807, 2.05) is 0 Å². The average Bonchev–Trinajstić information content (AvgIpc) is 3.09. The molecular formula is C13H22N2O3S2. The maximum atomic E-state index is 12.5. The number of sulfonamides is 1. The summed E-state index contributed by atoms with van der Waals surface area (Å²) in [5, 5.41) is 3.24. The second kappa shape index (κ2) is 6.98. The molecule has 1 saturated heterocycles. The van der Waals surface area contributed by atoms with E-state index in [9.17, 15) is 8.42 Å². The molecule has 20 heavy (non-hydrogen) atoms. The van der Waals surface area contributed by atoms with Gasteiger partial charge in [-0.3, -0.25) is 0 Å². The van der Waals surface area contributed by atoms with Crippen LogP contribution in [0.4, 0.5) is 0 Å². The summed E-state index contributed by atoms with van der Waals surface area (Å²) in [5.41, 5.74) is 0. The predicted octanol–water partition coefficient (Wildman–Crippen LogP) is 1.91. The van der Waals surface area contributed by atoms with Crippen LogP contribution in [-0.4, -0.2) is 43.9 Å². The summed E-state index contributed by atoms with van der Waals surface area (Å²) in [6.45, 7) is 3.54. The molecule has 2 heterocycles. The molecule has 0 aromatic carbocycles. The van der Waals surface area contributed by atoms with E-state index in [1.54, 1.807) is 30.9 Å². The Balaban J connectivity index is 2.05. The van der Waals surface area contributed by atoms with Crippen molar-refractivity contribution in [1.29, 1.82) is 0 Å². The summed E-state index contributed by atoms with van der Waals surface area (Å²) < 4.78 is 31.9. The van der Waals surface area contributed by atoms with Crippen LogP contribution in [-0.2, 0) is 16.6 Å². The molecule has 1 aliphatic rings. The summed E-state index contributed by atoms with van der Waals surface area (Å²) in [6.07, 6.45) is 1.94. The number of rotatable bonds is 7. The summed E-state index contributed by atoms with van der Waals surface area (Å²) in [7, 11) is -1.86. The molecule has 1 aromatic rings. The van der Waals surface area contributed by atoms with Gasteiger partial charge in [-0.15, -0.1) is 0 Å². The molecule has 114 valence electrons. The molecule has 0 amide bonds. The Morgan fingerprint density at radius 2 is 2.30 bits per heavy atom. The number of nitrogens with zero attached hydrogens (tertiary/aromatic N) is 1. The summed E-state index contributed by atoms with van der Waals surface area (Å²) in [5.74, 6) is 2.54. The molecule has 0 aliphatic carbocycles. The van der Waals surface area contributed by atoms with Crippen LogP contribution in [0.3, 0.4) is 0 Å². The molecule has 0 spiro atoms. The third-order valence-electron chi connectivity index (χ3n) is 3.42. The highest BCUT2D eigenvalue weighted by molar-refractivity contribution is 7.99. The van der Waals surface area contributed by atoms with Gasteiger partial charge >= 0.3 is 0 Å². The molecule has 1 aliphatic heterocycles. The minimum Gasteiger partial charge on any atom is -0.447 e. The van der Waals surface area contributed by atoms with Crippen molar-refractivity contribution < 1.29 is 12.8 Å². The van der Waals surface area contributed by atoms with Gasteiger partial charge in [-0.1, -0.05) is 6.92 Å². The Morgan fingerprint density at radius 1 is 1.50 bits per heavy atom. The molecule has 0 saturated carbocycles. The van der Waals surface area contributed by atoms with E-state index in [4.69, 9.17) is 4.42 Å². The molecule has 1 unspecified atom stereocenters. The number of thioether (sulfide) groups is 1. The fourth-order valence-corrected chi connectivity index (χ4v) is 4.80. The van der Waals surface area contributed by atoms with Gasteiger partial charge in [0, 0.05) is 18.8 Å². The van der Waals surface area contributed by atoms with Crippen LogP contribution in [0.5, 0.6) is 0 Å². The number of nitrogens with one attached hydrogen (secondary N) is 1. The van der Waals surface area contributed by atoms with Crippen molar-refractivity contribution >= 4 is 21.8 Å². The summed E-state index contributed by atoms with van der Waals surface area (Å²) in [6, 6.07) is 3.36. The highest BCUT2D eigenvalue weighted by Gasteiger charge is 2.32. The van der Waals surface area contributed by atoms with E-state index in [2.05, 4.69) is 12.2 Å². The van der Waals surface area contributed by atoms with Crippen molar-refractivity contribution in [1.82, 2.24) is 9.62 Å². The Bertz CT molecular complexity index is 521. The lowest BCUT2D eigenvalue weighted by atomic mass is 10.3. The van der Waals surface area contributed by atoms with Gasteiger partial charge in [0.15, 0.2) is 0 Å². The van der Waals surface area contributed by atoms with Crippen molar-refractivity contribution in [2.75, 3.05) is 25.1 Å². The third-order valence-corrected chi connectivity index (χ3v) is 6.35. The molecule has 1 N–H and O–H groups in total. The first-order chi connectivity index (χ1) is 9.55. The monoisotopic (exact) mass is 318 g/mol. The Morgan fingerprint density at radius 3 is 2.95 bits per heavy atom. The first kappa shape index (κ1) is 15.9. The minimum atomic E-state index is -3.51. The van der Waals surface area contributed by atoms with Crippen LogP contribution in [0.25, 0.3) is 0 Å². The molecule has 1 fully saturated rings. The third kappa shape index (κ3) is 3.58. The van der Waals surface area contributed by atoms with Crippen molar-refractivity contribution in [3.05, 3.63) is 17.9 Å². The molecule has 1 atom stereocenters. The number of hydrogen-bond acceptors (Lipinski definition) is 5. The van der Waals surface area contributed by atoms with Crippen LogP contribution in [0.15, 0.2) is 21.6 Å². The fourth-order valence-electron chi connectivity index (χ4n) is 2.13. The lowest BCUT2D eigenvalue weighted by Crippen LogP contribution is -2.36. The van der Waals surface area contributed by atoms with E-state index >= 15 is 0 Å². The average molecular weight is 318 g/mol. The van der Waals surface area contributed by atoms with Gasteiger partial charge in [0.1, 0.15) is 5.76 Å². The second-order valence-corrected chi connectivity index (χ2v) is 8.01. The molecule has 0 bridgehead atoms. The lowest BCUT2D eigenvalue weighted by molar-refractivity contribution is 0.355. The zero-order chi connectivity index (χ0) is 14.6. The zero-order valence-electron chi connectivity index (χ0n) is 12.0. The standard InChI is InChI=1S/C13H22N2O3S2/c1-3-7-14-9-12-4-5-13(18-12)20(16,17)15(2)11-6-8-19-10-11/h4-5,11,14H,3,6-10H2,1-2H3. The predicted molar refractivity (Wildman–Crippen MR) is 81.4 cm³/mol. The topological polar surface area (TPSA) is 62.6 Å². The van der Waals surface area contributed by atoms with Crippen LogP contribution in [0.2, 0.25) is 0 Å². The van der Waals surface area contributed by atoms with Crippen LogP contribution < -0.4 is 5.32 Å². The maximum Gasteiger partial charge on any atom is 0.276 e. The van der Waals surface area contributed by atoms with E-state index in [0.717, 1.165) is 30.9 Å². The van der Waals surface area contributed by atoms with Gasteiger partial charge in [-0.2, -0.15) is 16.1 Å². The zero-order valence-corrected chi connectivity index (χ0v) is 13.6. The van der Waals surface area contributed by atoms with Gasteiger partial charge < -0.3 is 9.73 Å². The van der Waals surface area contributed by atoms with E-state index in [1.165, 1.54) is 4.31 Å². The van der Waals surface area contributed by atoms with Crippen molar-refractivity contribution in [3.8, 4) is 0 Å². The van der Waals surface area contributed by atoms with E-state index in [-0.39, 0.29) is 11.1 Å². The first-order valence-electron chi connectivity index (χ1n) is 6.91. The minimum absolute atomic E-state index is 0.0465. The van der Waals surface area contributed by atoms with Crippen LogP contribution in [0, 0.1) is 0 Å². The largest absolute Gasteiger partial charge is 0.447 e. The smallest absolute Gasteiger partial charge is 0.276 e. The van der Waals surface area contributed by atoms with Crippen molar-refractivity contribution in [2.24, 2.45) is 0 Å². The molecule has 7 heteroatoms. The maximum absolute atomic E-state index is 12.5. The van der Waals surface area contributed by atoms with Crippen molar-refractivity contribution in [3.63, 3.8) is 0 Å². The van der Waals surface area contributed by atoms with Gasteiger partial charge in [-0.25, -0.2) is 8.42 Å². The van der Waals surface area contributed by atoms with E-state index < -0.39 is 10.0 Å². The molecule has 2 rings (SSSR count). The Kier molecular flexibility index (Phi) is 5.54. The molecular weight excluding hydrogens is 296 g/mol. The summed E-state index contributed by atoms with van der Waals surface area (Å²) >= 11 is 1.79. The first-order valence-corrected chi connectivity index (χ1v) is 9.50. The van der Waals surface area contributed by atoms with E-state index in [0.29, 0.717) is 12.3 Å². The molecule has 5 nitrogen and oxygen atoms in total. The Hall–Kier alpha value is -0.500. The van der Waals surface area contributed by atoms with Crippen molar-refractivity contribution in [2.45, 2.75) is 37.4 Å². The van der Waals surface area contributed by atoms with Gasteiger partial charge in [0.25, 0.3) is 10.0 Å². The summed E-state index contributed by atoms with van der Waals surface area (Å²) in [4.78, 5) is 0. The van der Waals surface area contributed by atoms with Crippen LogP contribution in [0.1, 0.15) is 25.5 Å². The highest BCUT2D eigenvalue weighted by atomic mass is 32.2. The SMILES string of the molecule is CCCNCc1ccc(S(=O)(=O)N(C)C2CCSC2)o1. The van der Waals surface area contributed by atoms with Gasteiger partial charge in [0.05, 0.1) is 6.54 Å². The number of hydrogen-bond donors (Lipinski definition) is 1. The normalized spacial score (nSPS) is 19.9. The number of furan rings is 1. The molecule has 0 radical (unpaired) electrons.